The molecule has 1 atom stereocenters. The third kappa shape index (κ3) is 3.77. The molecule has 134 valence electrons. The molecule has 1 amide bonds. The fourth-order valence-corrected chi connectivity index (χ4v) is 3.45. The van der Waals surface area contributed by atoms with Crippen molar-refractivity contribution in [3.8, 4) is 5.69 Å². The molecular weight excluding hydrogens is 346 g/mol. The lowest BCUT2D eigenvalue weighted by Gasteiger charge is -2.15. The van der Waals surface area contributed by atoms with Gasteiger partial charge >= 0.3 is 0 Å². The van der Waals surface area contributed by atoms with Crippen molar-refractivity contribution in [3.63, 3.8) is 0 Å². The van der Waals surface area contributed by atoms with Crippen LogP contribution in [0.4, 0.5) is 5.69 Å². The Balaban J connectivity index is 1.77. The molecule has 0 fully saturated rings. The van der Waals surface area contributed by atoms with E-state index < -0.39 is 0 Å². The van der Waals surface area contributed by atoms with Crippen LogP contribution < -0.4 is 5.32 Å². The van der Waals surface area contributed by atoms with Gasteiger partial charge in [0.2, 0.25) is 11.1 Å². The Hall–Kier alpha value is -2.67. The fraction of sp³-hybridized carbons (Fsp3) is 0.263. The highest BCUT2D eigenvalue weighted by Gasteiger charge is 2.20. The van der Waals surface area contributed by atoms with E-state index in [1.54, 1.807) is 4.68 Å². The molecule has 0 unspecified atom stereocenters. The minimum atomic E-state index is -0.345. The number of anilines is 1. The van der Waals surface area contributed by atoms with Gasteiger partial charge in [-0.25, -0.2) is 0 Å². The first kappa shape index (κ1) is 18.1. The smallest absolute Gasteiger partial charge is 0.237 e. The van der Waals surface area contributed by atoms with Crippen LogP contribution in [0.5, 0.6) is 0 Å². The highest BCUT2D eigenvalue weighted by atomic mass is 32.2. The second kappa shape index (κ2) is 7.70. The van der Waals surface area contributed by atoms with E-state index in [1.165, 1.54) is 11.8 Å². The van der Waals surface area contributed by atoms with Crippen LogP contribution in [-0.4, -0.2) is 31.4 Å². The Morgan fingerprint density at radius 3 is 2.38 bits per heavy atom. The number of aromatic nitrogens is 4. The zero-order valence-corrected chi connectivity index (χ0v) is 16.0. The van der Waals surface area contributed by atoms with Crippen LogP contribution in [0.1, 0.15) is 23.6 Å². The van der Waals surface area contributed by atoms with Gasteiger partial charge in [0.15, 0.2) is 0 Å². The van der Waals surface area contributed by atoms with E-state index in [1.807, 2.05) is 70.2 Å². The number of carbonyl (C=O) groups excluding carboxylic acids is 1. The van der Waals surface area contributed by atoms with Gasteiger partial charge in [0.25, 0.3) is 0 Å². The lowest BCUT2D eigenvalue weighted by atomic mass is 10.1. The standard InChI is InChI=1S/C19H21N5OS/c1-12-8-5-6-11-16(12)24-19(21-22-23-24)26-15(4)18(25)20-17-13(2)9-7-10-14(17)3/h5-11,15H,1-4H3,(H,20,25)/t15-/m0/s1. The quantitative estimate of drug-likeness (QED) is 0.696. The Morgan fingerprint density at radius 2 is 1.69 bits per heavy atom. The van der Waals surface area contributed by atoms with Crippen LogP contribution in [0.2, 0.25) is 0 Å². The summed E-state index contributed by atoms with van der Waals surface area (Å²) in [7, 11) is 0. The first-order valence-corrected chi connectivity index (χ1v) is 9.23. The van der Waals surface area contributed by atoms with E-state index >= 15 is 0 Å². The topological polar surface area (TPSA) is 72.7 Å². The van der Waals surface area contributed by atoms with Gasteiger partial charge in [-0.1, -0.05) is 48.2 Å². The van der Waals surface area contributed by atoms with Gasteiger partial charge < -0.3 is 5.32 Å². The Kier molecular flexibility index (Phi) is 5.37. The first-order valence-electron chi connectivity index (χ1n) is 8.35. The minimum Gasteiger partial charge on any atom is -0.325 e. The molecule has 3 aromatic rings. The molecule has 7 heteroatoms. The van der Waals surface area contributed by atoms with E-state index in [0.29, 0.717) is 5.16 Å². The van der Waals surface area contributed by atoms with Crippen LogP contribution in [0.3, 0.4) is 0 Å². The Bertz CT molecular complexity index is 917. The van der Waals surface area contributed by atoms with Gasteiger partial charge in [-0.15, -0.1) is 5.10 Å². The average Bonchev–Trinajstić information content (AvgIpc) is 3.06. The van der Waals surface area contributed by atoms with Crippen molar-refractivity contribution in [3.05, 3.63) is 59.2 Å². The number of para-hydroxylation sites is 2. The second-order valence-electron chi connectivity index (χ2n) is 6.18. The summed E-state index contributed by atoms with van der Waals surface area (Å²) in [5.74, 6) is -0.0771. The molecule has 0 bridgehead atoms. The fourth-order valence-electron chi connectivity index (χ4n) is 2.65. The van der Waals surface area contributed by atoms with Crippen molar-refractivity contribution < 1.29 is 4.79 Å². The molecule has 1 aromatic heterocycles. The molecule has 6 nitrogen and oxygen atoms in total. The number of rotatable bonds is 5. The van der Waals surface area contributed by atoms with Gasteiger partial charge in [0.1, 0.15) is 0 Å². The van der Waals surface area contributed by atoms with Crippen LogP contribution in [0, 0.1) is 20.8 Å². The van der Waals surface area contributed by atoms with E-state index in [2.05, 4.69) is 20.8 Å². The Morgan fingerprint density at radius 1 is 1.04 bits per heavy atom. The van der Waals surface area contributed by atoms with E-state index in [-0.39, 0.29) is 11.2 Å². The summed E-state index contributed by atoms with van der Waals surface area (Å²) in [5.41, 5.74) is 4.92. The molecule has 0 aliphatic heterocycles. The van der Waals surface area contributed by atoms with Crippen LogP contribution >= 0.6 is 11.8 Å². The largest absolute Gasteiger partial charge is 0.325 e. The predicted octanol–water partition coefficient (Wildman–Crippen LogP) is 3.71. The van der Waals surface area contributed by atoms with Crippen LogP contribution in [-0.2, 0) is 4.79 Å². The Labute approximate surface area is 157 Å². The van der Waals surface area contributed by atoms with Crippen molar-refractivity contribution in [2.75, 3.05) is 5.32 Å². The summed E-state index contributed by atoms with van der Waals surface area (Å²) in [6.07, 6.45) is 0. The number of tetrazole rings is 1. The predicted molar refractivity (Wildman–Crippen MR) is 104 cm³/mol. The molecule has 1 N–H and O–H groups in total. The molecule has 0 saturated heterocycles. The summed E-state index contributed by atoms with van der Waals surface area (Å²) < 4.78 is 1.67. The second-order valence-corrected chi connectivity index (χ2v) is 7.48. The molecule has 0 radical (unpaired) electrons. The molecule has 26 heavy (non-hydrogen) atoms. The number of aryl methyl sites for hydroxylation is 3. The zero-order valence-electron chi connectivity index (χ0n) is 15.2. The molecule has 0 aliphatic carbocycles. The normalized spacial score (nSPS) is 12.0. The van der Waals surface area contributed by atoms with Crippen LogP contribution in [0.15, 0.2) is 47.6 Å². The van der Waals surface area contributed by atoms with E-state index in [0.717, 1.165) is 28.1 Å². The van der Waals surface area contributed by atoms with Gasteiger partial charge in [-0.05, 0) is 60.9 Å². The number of thioether (sulfide) groups is 1. The molecule has 2 aromatic carbocycles. The number of benzene rings is 2. The maximum Gasteiger partial charge on any atom is 0.237 e. The SMILES string of the molecule is Cc1ccccc1-n1nnnc1S[C@@H](C)C(=O)Nc1c(C)cccc1C. The third-order valence-corrected chi connectivity index (χ3v) is 5.20. The summed E-state index contributed by atoms with van der Waals surface area (Å²) in [6.45, 7) is 7.82. The number of amides is 1. The maximum absolute atomic E-state index is 12.6. The minimum absolute atomic E-state index is 0.0771. The molecular formula is C19H21N5OS. The number of hydrogen-bond donors (Lipinski definition) is 1. The molecule has 0 saturated carbocycles. The molecule has 3 rings (SSSR count). The van der Waals surface area contributed by atoms with Crippen molar-refractivity contribution in [2.45, 2.75) is 38.1 Å². The lowest BCUT2D eigenvalue weighted by molar-refractivity contribution is -0.115. The van der Waals surface area contributed by atoms with E-state index in [4.69, 9.17) is 0 Å². The number of hydrogen-bond acceptors (Lipinski definition) is 5. The highest BCUT2D eigenvalue weighted by Crippen LogP contribution is 2.26. The summed E-state index contributed by atoms with van der Waals surface area (Å²) in [4.78, 5) is 12.6. The van der Waals surface area contributed by atoms with Crippen molar-refractivity contribution in [2.24, 2.45) is 0 Å². The van der Waals surface area contributed by atoms with Crippen molar-refractivity contribution in [1.82, 2.24) is 20.2 Å². The van der Waals surface area contributed by atoms with Gasteiger partial charge in [-0.3, -0.25) is 4.79 Å². The summed E-state index contributed by atoms with van der Waals surface area (Å²) in [5, 5.41) is 15.2. The summed E-state index contributed by atoms with van der Waals surface area (Å²) >= 11 is 1.33. The van der Waals surface area contributed by atoms with Gasteiger partial charge in [0.05, 0.1) is 10.9 Å². The molecule has 0 spiro atoms. The average molecular weight is 367 g/mol. The highest BCUT2D eigenvalue weighted by molar-refractivity contribution is 8.00. The zero-order chi connectivity index (χ0) is 18.7. The van der Waals surface area contributed by atoms with Crippen molar-refractivity contribution >= 4 is 23.4 Å². The third-order valence-electron chi connectivity index (χ3n) is 4.17. The van der Waals surface area contributed by atoms with Gasteiger partial charge in [-0.2, -0.15) is 4.68 Å². The number of carbonyl (C=O) groups is 1. The molecule has 0 aliphatic rings. The van der Waals surface area contributed by atoms with E-state index in [9.17, 15) is 4.79 Å². The number of nitrogens with zero attached hydrogens (tertiary/aromatic N) is 4. The maximum atomic E-state index is 12.6. The number of nitrogens with one attached hydrogen (secondary N) is 1. The molecule has 1 heterocycles. The monoisotopic (exact) mass is 367 g/mol. The van der Waals surface area contributed by atoms with Crippen LogP contribution in [0.25, 0.3) is 5.69 Å². The first-order chi connectivity index (χ1) is 12.5. The summed E-state index contributed by atoms with van der Waals surface area (Å²) in [6, 6.07) is 13.8. The lowest BCUT2D eigenvalue weighted by Crippen LogP contribution is -2.24. The van der Waals surface area contributed by atoms with Crippen molar-refractivity contribution in [1.29, 1.82) is 0 Å². The van der Waals surface area contributed by atoms with Gasteiger partial charge in [0, 0.05) is 5.69 Å².